The topological polar surface area (TPSA) is 80.9 Å². The van der Waals surface area contributed by atoms with E-state index in [9.17, 15) is 0 Å². The van der Waals surface area contributed by atoms with Crippen LogP contribution in [-0.2, 0) is 0 Å². The molecule has 0 amide bonds. The van der Waals surface area contributed by atoms with E-state index in [-0.39, 0.29) is 162 Å². The largest absolute Gasteiger partial charge is 2.00 e. The molecule has 0 aliphatic rings. The first-order valence-corrected chi connectivity index (χ1v) is 2.68. The van der Waals surface area contributed by atoms with Crippen molar-refractivity contribution < 1.29 is 30.6 Å². The molecule has 48 valence electrons. The van der Waals surface area contributed by atoms with Crippen LogP contribution in [0.1, 0.15) is 11.4 Å². The molecular weight excluding hydrogens is 252 g/mol. The van der Waals surface area contributed by atoms with Crippen LogP contribution < -0.4 is 0 Å². The third-order valence-electron chi connectivity index (χ3n) is 0. The standard InChI is InChI=1S/4Ca.H4O4Si.8H/c;;;;1-5(2,3)4;;;;;;;;/h;;;;1-4H;;;;;;;;/q4*+2;;8*-1. The maximum absolute atomic E-state index is 7.33. The van der Waals surface area contributed by atoms with Crippen molar-refractivity contribution in [3.05, 3.63) is 0 Å². The smallest absolute Gasteiger partial charge is 1.00 e. The van der Waals surface area contributed by atoms with Gasteiger partial charge >= 0.3 is 160 Å². The van der Waals surface area contributed by atoms with E-state index in [2.05, 4.69) is 0 Å². The third kappa shape index (κ3) is 62.1. The molecule has 0 spiro atoms. The van der Waals surface area contributed by atoms with Gasteiger partial charge in [0.2, 0.25) is 0 Å². The number of hydrogen-bond donors (Lipinski definition) is 4. The predicted molar refractivity (Wildman–Crippen MR) is 46.5 cm³/mol. The van der Waals surface area contributed by atoms with E-state index in [4.69, 9.17) is 19.2 Å². The Morgan fingerprint density at radius 1 is 0.667 bits per heavy atom. The quantitative estimate of drug-likeness (QED) is 0.347. The van der Waals surface area contributed by atoms with Crippen LogP contribution in [0.4, 0.5) is 0 Å². The van der Waals surface area contributed by atoms with Crippen molar-refractivity contribution in [2.75, 3.05) is 0 Å². The van der Waals surface area contributed by atoms with Gasteiger partial charge in [-0.2, -0.15) is 0 Å². The van der Waals surface area contributed by atoms with E-state index < -0.39 is 9.05 Å². The molecular formula is H12Ca4O4Si. The molecule has 0 radical (unpaired) electrons. The van der Waals surface area contributed by atoms with Gasteiger partial charge in [0.05, 0.1) is 0 Å². The fraction of sp³-hybridized carbons (Fsp3) is 0. The minimum absolute atomic E-state index is 0. The molecule has 4 nitrogen and oxygen atoms in total. The van der Waals surface area contributed by atoms with Gasteiger partial charge in [0.15, 0.2) is 0 Å². The number of rotatable bonds is 0. The van der Waals surface area contributed by atoms with Gasteiger partial charge in [-0.05, 0) is 0 Å². The third-order valence-corrected chi connectivity index (χ3v) is 0. The molecule has 4 N–H and O–H groups in total. The molecule has 9 heteroatoms. The van der Waals surface area contributed by atoms with E-state index in [0.717, 1.165) is 0 Å². The van der Waals surface area contributed by atoms with Gasteiger partial charge in [0, 0.05) is 0 Å². The van der Waals surface area contributed by atoms with Crippen LogP contribution >= 0.6 is 0 Å². The molecule has 0 aromatic heterocycles. The zero-order valence-corrected chi connectivity index (χ0v) is 15.0. The van der Waals surface area contributed by atoms with Gasteiger partial charge in [0.25, 0.3) is 0 Å². The predicted octanol–water partition coefficient (Wildman–Crippen LogP) is -3.23. The van der Waals surface area contributed by atoms with Crippen LogP contribution in [0.5, 0.6) is 0 Å². The summed E-state index contributed by atoms with van der Waals surface area (Å²) in [6.07, 6.45) is 0. The van der Waals surface area contributed by atoms with Crippen molar-refractivity contribution in [3.8, 4) is 0 Å². The van der Waals surface area contributed by atoms with E-state index in [0.29, 0.717) is 0 Å². The molecule has 0 unspecified atom stereocenters. The number of hydrogen-bond acceptors (Lipinski definition) is 4. The molecule has 0 heterocycles. The fourth-order valence-electron chi connectivity index (χ4n) is 0. The van der Waals surface area contributed by atoms with E-state index >= 15 is 0 Å². The van der Waals surface area contributed by atoms with Crippen LogP contribution in [0.2, 0.25) is 0 Å². The summed E-state index contributed by atoms with van der Waals surface area (Å²) < 4.78 is 0. The summed E-state index contributed by atoms with van der Waals surface area (Å²) in [5, 5.41) is 0. The SMILES string of the molecule is O[Si](O)(O)O.[Ca+2].[Ca+2].[Ca+2].[Ca+2].[H-].[H-].[H-].[H-].[H-].[H-].[H-].[H-]. The first-order valence-electron chi connectivity index (χ1n) is 0.894. The summed E-state index contributed by atoms with van der Waals surface area (Å²) in [6, 6.07) is 0. The Labute approximate surface area is 186 Å². The van der Waals surface area contributed by atoms with Crippen LogP contribution in [0.15, 0.2) is 0 Å². The van der Waals surface area contributed by atoms with Crippen LogP contribution in [-0.4, -0.2) is 179 Å². The second kappa shape index (κ2) is 15.6. The molecule has 0 atom stereocenters. The second-order valence-corrected chi connectivity index (χ2v) is 1.80. The molecule has 0 bridgehead atoms. The minimum atomic E-state index is -4.61. The average molecular weight is 264 g/mol. The maximum Gasteiger partial charge on any atom is 2.00 e. The summed E-state index contributed by atoms with van der Waals surface area (Å²) in [6.45, 7) is 0. The molecule has 0 rings (SSSR count). The van der Waals surface area contributed by atoms with Crippen LogP contribution in [0.25, 0.3) is 0 Å². The Bertz CT molecular complexity index is 45.0. The molecule has 0 saturated carbocycles. The molecule has 0 aliphatic carbocycles. The summed E-state index contributed by atoms with van der Waals surface area (Å²) in [4.78, 5) is 29.3. The molecule has 0 aromatic carbocycles. The van der Waals surface area contributed by atoms with Crippen molar-refractivity contribution in [2.24, 2.45) is 0 Å². The summed E-state index contributed by atoms with van der Waals surface area (Å²) in [5.74, 6) is 0. The molecule has 0 aromatic rings. The van der Waals surface area contributed by atoms with Gasteiger partial charge in [-0.3, -0.25) is 0 Å². The van der Waals surface area contributed by atoms with Gasteiger partial charge in [-0.1, -0.05) is 0 Å². The zero-order valence-electron chi connectivity index (χ0n) is 13.1. The van der Waals surface area contributed by atoms with E-state index in [1.165, 1.54) is 0 Å². The van der Waals surface area contributed by atoms with Crippen molar-refractivity contribution >= 4 is 160 Å². The van der Waals surface area contributed by atoms with Crippen LogP contribution in [0, 0.1) is 0 Å². The first-order chi connectivity index (χ1) is 2.00. The van der Waals surface area contributed by atoms with Crippen LogP contribution in [0.3, 0.4) is 0 Å². The Morgan fingerprint density at radius 3 is 0.667 bits per heavy atom. The summed E-state index contributed by atoms with van der Waals surface area (Å²) in [5.41, 5.74) is 0. The molecule has 9 heavy (non-hydrogen) atoms. The maximum atomic E-state index is 7.33. The van der Waals surface area contributed by atoms with Crippen molar-refractivity contribution in [1.82, 2.24) is 0 Å². The Balaban J connectivity index is -0.00000000121. The Hall–Kier alpha value is 5.10. The van der Waals surface area contributed by atoms with Gasteiger partial charge in [-0.15, -0.1) is 0 Å². The normalized spacial score (nSPS) is 6.67. The van der Waals surface area contributed by atoms with E-state index in [1.807, 2.05) is 0 Å². The fourth-order valence-corrected chi connectivity index (χ4v) is 0. The van der Waals surface area contributed by atoms with Crippen molar-refractivity contribution in [1.29, 1.82) is 0 Å². The van der Waals surface area contributed by atoms with Gasteiger partial charge in [-0.25, -0.2) is 0 Å². The zero-order chi connectivity index (χ0) is 4.50. The van der Waals surface area contributed by atoms with Gasteiger partial charge < -0.3 is 30.6 Å². The molecule has 0 fully saturated rings. The molecule has 0 aliphatic heterocycles. The summed E-state index contributed by atoms with van der Waals surface area (Å²) in [7, 11) is -4.61. The van der Waals surface area contributed by atoms with Crippen molar-refractivity contribution in [3.63, 3.8) is 0 Å². The Kier molecular flexibility index (Phi) is 50.5. The minimum Gasteiger partial charge on any atom is -1.00 e. The summed E-state index contributed by atoms with van der Waals surface area (Å²) >= 11 is 0. The van der Waals surface area contributed by atoms with Gasteiger partial charge in [0.1, 0.15) is 0 Å². The second-order valence-electron chi connectivity index (χ2n) is 0.600. The average Bonchev–Trinajstić information content (AvgIpc) is 0.722. The van der Waals surface area contributed by atoms with Crippen molar-refractivity contribution in [2.45, 2.75) is 0 Å². The Morgan fingerprint density at radius 2 is 0.667 bits per heavy atom. The van der Waals surface area contributed by atoms with E-state index in [1.54, 1.807) is 0 Å². The monoisotopic (exact) mass is 264 g/mol. The first kappa shape index (κ1) is 29.2. The molecule has 0 saturated heterocycles.